The number of carbonyl (C=O) groups is 1. The normalized spacial score (nSPS) is 11.1. The number of carboxylic acid groups (broad SMARTS) is 1. The standard InChI is InChI=1S/C19H14FNO4S/c20-15-9-6-13(7-10-15)14-8-11-17(19(22)23)18(12-14)21-26(24,25)16-4-2-1-3-5-16/h1-12,21H,(H,22,23). The van der Waals surface area contributed by atoms with Crippen LogP contribution in [0.3, 0.4) is 0 Å². The Balaban J connectivity index is 2.05. The zero-order valence-electron chi connectivity index (χ0n) is 13.4. The molecule has 0 aliphatic heterocycles. The van der Waals surface area contributed by atoms with E-state index in [1.54, 1.807) is 18.2 Å². The van der Waals surface area contributed by atoms with Crippen LogP contribution in [0.4, 0.5) is 10.1 Å². The van der Waals surface area contributed by atoms with E-state index in [1.165, 1.54) is 54.6 Å². The Bertz CT molecular complexity index is 1050. The fraction of sp³-hybridized carbons (Fsp3) is 0. The molecule has 0 spiro atoms. The zero-order chi connectivity index (χ0) is 18.7. The highest BCUT2D eigenvalue weighted by molar-refractivity contribution is 7.92. The van der Waals surface area contributed by atoms with Gasteiger partial charge >= 0.3 is 5.97 Å². The van der Waals surface area contributed by atoms with E-state index < -0.39 is 21.8 Å². The minimum absolute atomic E-state index is 0.0172. The Kier molecular flexibility index (Phi) is 4.73. The van der Waals surface area contributed by atoms with Crippen molar-refractivity contribution in [1.29, 1.82) is 0 Å². The fourth-order valence-corrected chi connectivity index (χ4v) is 3.53. The predicted octanol–water partition coefficient (Wildman–Crippen LogP) is 3.99. The van der Waals surface area contributed by atoms with Gasteiger partial charge < -0.3 is 5.11 Å². The predicted molar refractivity (Wildman–Crippen MR) is 96.0 cm³/mol. The molecule has 0 saturated heterocycles. The molecule has 0 aliphatic rings. The van der Waals surface area contributed by atoms with Crippen LogP contribution in [-0.2, 0) is 10.0 Å². The van der Waals surface area contributed by atoms with Crippen LogP contribution in [0.1, 0.15) is 10.4 Å². The van der Waals surface area contributed by atoms with Crippen molar-refractivity contribution in [2.24, 2.45) is 0 Å². The lowest BCUT2D eigenvalue weighted by Gasteiger charge is -2.12. The van der Waals surface area contributed by atoms with Crippen LogP contribution in [0.2, 0.25) is 0 Å². The number of aromatic carboxylic acids is 1. The molecule has 0 saturated carbocycles. The van der Waals surface area contributed by atoms with E-state index in [9.17, 15) is 22.7 Å². The number of halogens is 1. The number of carboxylic acids is 1. The van der Waals surface area contributed by atoms with Crippen molar-refractivity contribution in [1.82, 2.24) is 0 Å². The average molecular weight is 371 g/mol. The molecule has 26 heavy (non-hydrogen) atoms. The topological polar surface area (TPSA) is 83.5 Å². The molecule has 3 aromatic carbocycles. The van der Waals surface area contributed by atoms with Gasteiger partial charge in [-0.05, 0) is 47.5 Å². The van der Waals surface area contributed by atoms with Crippen LogP contribution in [0.15, 0.2) is 77.7 Å². The van der Waals surface area contributed by atoms with Gasteiger partial charge in [-0.15, -0.1) is 0 Å². The maximum absolute atomic E-state index is 13.1. The highest BCUT2D eigenvalue weighted by Gasteiger charge is 2.19. The molecular formula is C19H14FNO4S. The number of nitrogens with one attached hydrogen (secondary N) is 1. The number of sulfonamides is 1. The molecule has 0 amide bonds. The Labute approximate surface area is 149 Å². The van der Waals surface area contributed by atoms with Gasteiger partial charge in [-0.25, -0.2) is 17.6 Å². The van der Waals surface area contributed by atoms with Gasteiger partial charge in [0.15, 0.2) is 0 Å². The lowest BCUT2D eigenvalue weighted by Crippen LogP contribution is -2.15. The second-order valence-electron chi connectivity index (χ2n) is 5.49. The van der Waals surface area contributed by atoms with Crippen LogP contribution in [0.5, 0.6) is 0 Å². The fourth-order valence-electron chi connectivity index (χ4n) is 2.44. The van der Waals surface area contributed by atoms with Crippen LogP contribution in [0, 0.1) is 5.82 Å². The van der Waals surface area contributed by atoms with Gasteiger partial charge in [-0.3, -0.25) is 4.72 Å². The largest absolute Gasteiger partial charge is 0.478 e. The van der Waals surface area contributed by atoms with Gasteiger partial charge in [-0.2, -0.15) is 0 Å². The van der Waals surface area contributed by atoms with Crippen molar-refractivity contribution < 1.29 is 22.7 Å². The lowest BCUT2D eigenvalue weighted by molar-refractivity contribution is 0.0698. The van der Waals surface area contributed by atoms with Crippen LogP contribution in [0.25, 0.3) is 11.1 Å². The van der Waals surface area contributed by atoms with Crippen LogP contribution >= 0.6 is 0 Å². The summed E-state index contributed by atoms with van der Waals surface area (Å²) in [6, 6.07) is 17.5. The van der Waals surface area contributed by atoms with Crippen molar-refractivity contribution >= 4 is 21.7 Å². The van der Waals surface area contributed by atoms with E-state index in [0.717, 1.165) is 0 Å². The first kappa shape index (κ1) is 17.6. The number of benzene rings is 3. The molecule has 0 radical (unpaired) electrons. The summed E-state index contributed by atoms with van der Waals surface area (Å²) < 4.78 is 40.4. The molecule has 7 heteroatoms. The van der Waals surface area contributed by atoms with Crippen molar-refractivity contribution in [3.05, 3.63) is 84.2 Å². The maximum atomic E-state index is 13.1. The Morgan fingerprint density at radius 1 is 0.885 bits per heavy atom. The summed E-state index contributed by atoms with van der Waals surface area (Å²) in [5, 5.41) is 9.35. The summed E-state index contributed by atoms with van der Waals surface area (Å²) in [6.45, 7) is 0. The molecule has 0 bridgehead atoms. The van der Waals surface area contributed by atoms with E-state index in [2.05, 4.69) is 4.72 Å². The van der Waals surface area contributed by atoms with Gasteiger partial charge in [0.25, 0.3) is 10.0 Å². The highest BCUT2D eigenvalue weighted by Crippen LogP contribution is 2.28. The maximum Gasteiger partial charge on any atom is 0.337 e. The molecule has 0 heterocycles. The monoisotopic (exact) mass is 371 g/mol. The molecule has 0 aromatic heterocycles. The number of hydrogen-bond acceptors (Lipinski definition) is 3. The van der Waals surface area contributed by atoms with Crippen molar-refractivity contribution in [2.75, 3.05) is 4.72 Å². The van der Waals surface area contributed by atoms with Gasteiger partial charge in [0.1, 0.15) is 5.82 Å². The van der Waals surface area contributed by atoms with Crippen molar-refractivity contribution in [2.45, 2.75) is 4.90 Å². The summed E-state index contributed by atoms with van der Waals surface area (Å²) >= 11 is 0. The molecule has 0 aliphatic carbocycles. The number of hydrogen-bond donors (Lipinski definition) is 2. The molecule has 3 rings (SSSR count). The van der Waals surface area contributed by atoms with Gasteiger partial charge in [0.2, 0.25) is 0 Å². The summed E-state index contributed by atoms with van der Waals surface area (Å²) in [5.41, 5.74) is 0.933. The Hall–Kier alpha value is -3.19. The molecular weight excluding hydrogens is 357 g/mol. The average Bonchev–Trinajstić information content (AvgIpc) is 2.62. The first-order chi connectivity index (χ1) is 12.4. The Morgan fingerprint density at radius 2 is 1.50 bits per heavy atom. The third kappa shape index (κ3) is 3.73. The van der Waals surface area contributed by atoms with Crippen LogP contribution in [-0.4, -0.2) is 19.5 Å². The van der Waals surface area contributed by atoms with E-state index in [-0.39, 0.29) is 16.1 Å². The van der Waals surface area contributed by atoms with Gasteiger partial charge in [-0.1, -0.05) is 36.4 Å². The lowest BCUT2D eigenvalue weighted by atomic mass is 10.0. The second-order valence-corrected chi connectivity index (χ2v) is 7.17. The van der Waals surface area contributed by atoms with E-state index >= 15 is 0 Å². The molecule has 3 aromatic rings. The molecule has 5 nitrogen and oxygen atoms in total. The Morgan fingerprint density at radius 3 is 2.12 bits per heavy atom. The number of anilines is 1. The molecule has 132 valence electrons. The quantitative estimate of drug-likeness (QED) is 0.710. The first-order valence-electron chi connectivity index (χ1n) is 7.58. The van der Waals surface area contributed by atoms with E-state index in [1.807, 2.05) is 0 Å². The smallest absolute Gasteiger partial charge is 0.337 e. The summed E-state index contributed by atoms with van der Waals surface area (Å²) in [4.78, 5) is 11.5. The van der Waals surface area contributed by atoms with Gasteiger partial charge in [0.05, 0.1) is 16.1 Å². The van der Waals surface area contributed by atoms with Crippen molar-refractivity contribution in [3.63, 3.8) is 0 Å². The zero-order valence-corrected chi connectivity index (χ0v) is 14.2. The van der Waals surface area contributed by atoms with E-state index in [0.29, 0.717) is 11.1 Å². The minimum atomic E-state index is -3.95. The molecule has 0 fully saturated rings. The SMILES string of the molecule is O=C(O)c1ccc(-c2ccc(F)cc2)cc1NS(=O)(=O)c1ccccc1. The molecule has 2 N–H and O–H groups in total. The third-order valence-corrected chi connectivity index (χ3v) is 5.11. The first-order valence-corrected chi connectivity index (χ1v) is 9.06. The summed E-state index contributed by atoms with van der Waals surface area (Å²) in [7, 11) is -3.95. The molecule has 0 unspecified atom stereocenters. The summed E-state index contributed by atoms with van der Waals surface area (Å²) in [6.07, 6.45) is 0. The van der Waals surface area contributed by atoms with Gasteiger partial charge in [0, 0.05) is 0 Å². The second kappa shape index (κ2) is 6.97. The highest BCUT2D eigenvalue weighted by atomic mass is 32.2. The van der Waals surface area contributed by atoms with Crippen LogP contribution < -0.4 is 4.72 Å². The molecule has 0 atom stereocenters. The minimum Gasteiger partial charge on any atom is -0.478 e. The van der Waals surface area contributed by atoms with Crippen molar-refractivity contribution in [3.8, 4) is 11.1 Å². The number of rotatable bonds is 5. The third-order valence-electron chi connectivity index (χ3n) is 3.73. The van der Waals surface area contributed by atoms with E-state index in [4.69, 9.17) is 0 Å². The summed E-state index contributed by atoms with van der Waals surface area (Å²) in [5.74, 6) is -1.66.